The number of thiophene rings is 1. The van der Waals surface area contributed by atoms with Gasteiger partial charge in [0, 0.05) is 35.0 Å². The lowest BCUT2D eigenvalue weighted by molar-refractivity contribution is 0.0303. The van der Waals surface area contributed by atoms with Crippen LogP contribution in [0.2, 0.25) is 0 Å². The lowest BCUT2D eigenvalue weighted by Crippen LogP contribution is -2.40. The Balaban J connectivity index is 0.00000306. The summed E-state index contributed by atoms with van der Waals surface area (Å²) in [5.74, 6) is 0.0171. The second-order valence-corrected chi connectivity index (χ2v) is 8.59. The van der Waals surface area contributed by atoms with Crippen LogP contribution in [0, 0.1) is 0 Å². The molecule has 1 aliphatic heterocycles. The van der Waals surface area contributed by atoms with Gasteiger partial charge in [-0.15, -0.1) is 23.7 Å². The number of benzene rings is 1. The van der Waals surface area contributed by atoms with Crippen LogP contribution in [0.1, 0.15) is 15.2 Å². The van der Waals surface area contributed by atoms with E-state index >= 15 is 0 Å². The van der Waals surface area contributed by atoms with Crippen LogP contribution in [0.15, 0.2) is 59.4 Å². The molecule has 2 N–H and O–H groups in total. The molecule has 8 nitrogen and oxygen atoms in total. The van der Waals surface area contributed by atoms with Gasteiger partial charge in [0.1, 0.15) is 6.33 Å². The van der Waals surface area contributed by atoms with E-state index in [0.29, 0.717) is 50.3 Å². The van der Waals surface area contributed by atoms with Gasteiger partial charge in [-0.3, -0.25) is 9.36 Å². The highest BCUT2D eigenvalue weighted by molar-refractivity contribution is 7.15. The number of rotatable bonds is 7. The van der Waals surface area contributed by atoms with E-state index in [1.807, 2.05) is 36.4 Å². The molecule has 0 atom stereocenters. The average molecular weight is 494 g/mol. The number of morpholine rings is 1. The number of nitrogens with two attached hydrogens (primary N) is 1. The predicted molar refractivity (Wildman–Crippen MR) is 128 cm³/mol. The summed E-state index contributed by atoms with van der Waals surface area (Å²) in [7, 11) is 0. The van der Waals surface area contributed by atoms with E-state index in [9.17, 15) is 14.0 Å². The molecule has 11 heteroatoms. The number of ether oxygens (including phenoxy) is 1. The highest BCUT2D eigenvalue weighted by Gasteiger charge is 2.18. The van der Waals surface area contributed by atoms with Gasteiger partial charge in [0.2, 0.25) is 0 Å². The first-order chi connectivity index (χ1) is 15.6. The molecule has 0 unspecified atom stereocenters. The molecule has 1 aromatic carbocycles. The molecule has 1 aliphatic rings. The predicted octanol–water partition coefficient (Wildman–Crippen LogP) is 2.53. The Morgan fingerprint density at radius 2 is 1.91 bits per heavy atom. The van der Waals surface area contributed by atoms with Gasteiger partial charge in [-0.1, -0.05) is 12.1 Å². The maximum Gasteiger partial charge on any atom is 0.346 e. The van der Waals surface area contributed by atoms with Crippen molar-refractivity contribution in [1.29, 1.82) is 0 Å². The summed E-state index contributed by atoms with van der Waals surface area (Å²) in [6.07, 6.45) is 1.86. The molecule has 1 amide bonds. The van der Waals surface area contributed by atoms with Crippen molar-refractivity contribution in [3.8, 4) is 10.4 Å². The highest BCUT2D eigenvalue weighted by Crippen LogP contribution is 2.29. The molecule has 3 aromatic rings. The molecule has 0 aliphatic carbocycles. The van der Waals surface area contributed by atoms with E-state index in [2.05, 4.69) is 5.10 Å². The zero-order chi connectivity index (χ0) is 22.5. The first kappa shape index (κ1) is 24.8. The van der Waals surface area contributed by atoms with Crippen molar-refractivity contribution >= 4 is 29.7 Å². The minimum absolute atomic E-state index is 0. The first-order valence-corrected chi connectivity index (χ1v) is 11.1. The lowest BCUT2D eigenvalue weighted by atomic mass is 10.1. The van der Waals surface area contributed by atoms with E-state index < -0.39 is 0 Å². The normalized spacial score (nSPS) is 14.2. The average Bonchev–Trinajstić information content (AvgIpc) is 3.45. The molecule has 176 valence electrons. The van der Waals surface area contributed by atoms with Crippen molar-refractivity contribution in [2.24, 2.45) is 5.73 Å². The van der Waals surface area contributed by atoms with E-state index in [0.717, 1.165) is 15.3 Å². The van der Waals surface area contributed by atoms with Crippen molar-refractivity contribution in [3.63, 3.8) is 0 Å². The van der Waals surface area contributed by atoms with E-state index in [1.54, 1.807) is 16.2 Å². The number of halogens is 2. The summed E-state index contributed by atoms with van der Waals surface area (Å²) >= 11 is 1.56. The smallest absolute Gasteiger partial charge is 0.346 e. The van der Waals surface area contributed by atoms with Gasteiger partial charge in [-0.05, 0) is 35.4 Å². The Morgan fingerprint density at radius 1 is 1.18 bits per heavy atom. The van der Waals surface area contributed by atoms with E-state index in [4.69, 9.17) is 10.5 Å². The topological polar surface area (TPSA) is 95.4 Å². The molecular weight excluding hydrogens is 469 g/mol. The van der Waals surface area contributed by atoms with Gasteiger partial charge in [0.15, 0.2) is 0 Å². The zero-order valence-corrected chi connectivity index (χ0v) is 19.5. The number of amides is 1. The van der Waals surface area contributed by atoms with Gasteiger partial charge in [-0.25, -0.2) is 13.9 Å². The van der Waals surface area contributed by atoms with Crippen LogP contribution < -0.4 is 11.4 Å². The maximum absolute atomic E-state index is 12.7. The third kappa shape index (κ3) is 5.77. The second-order valence-electron chi connectivity index (χ2n) is 7.42. The third-order valence-corrected chi connectivity index (χ3v) is 6.39. The fraction of sp³-hybridized carbons (Fsp3) is 0.318. The summed E-state index contributed by atoms with van der Waals surface area (Å²) in [6.45, 7) is 2.80. The number of carbonyl (C=O) groups excluding carboxylic acids is 1. The van der Waals surface area contributed by atoms with Gasteiger partial charge in [0.05, 0.1) is 32.6 Å². The largest absolute Gasteiger partial charge is 0.378 e. The Labute approximate surface area is 200 Å². The van der Waals surface area contributed by atoms with Gasteiger partial charge in [-0.2, -0.15) is 5.10 Å². The van der Waals surface area contributed by atoms with Crippen LogP contribution in [-0.2, 0) is 17.8 Å². The molecule has 0 bridgehead atoms. The van der Waals surface area contributed by atoms with Crippen molar-refractivity contribution in [3.05, 3.63) is 75.6 Å². The molecule has 2 aromatic heterocycles. The number of hydrogen-bond acceptors (Lipinski definition) is 6. The SMILES string of the molecule is Cl.NC/C(=C/F)Cn1ncn(Cc2ccc(-c3ccc(C(=O)N4CCOCC4)cc3)s2)c1=O. The Morgan fingerprint density at radius 3 is 2.58 bits per heavy atom. The van der Waals surface area contributed by atoms with Gasteiger partial charge < -0.3 is 15.4 Å². The van der Waals surface area contributed by atoms with Gasteiger partial charge in [0.25, 0.3) is 5.91 Å². The van der Waals surface area contributed by atoms with E-state index in [-0.39, 0.29) is 37.1 Å². The third-order valence-electron chi connectivity index (χ3n) is 5.27. The number of carbonyl (C=O) groups is 1. The van der Waals surface area contributed by atoms with E-state index in [1.165, 1.54) is 15.6 Å². The summed E-state index contributed by atoms with van der Waals surface area (Å²) in [6, 6.07) is 11.5. The molecule has 0 spiro atoms. The lowest BCUT2D eigenvalue weighted by Gasteiger charge is -2.26. The monoisotopic (exact) mass is 493 g/mol. The Bertz CT molecular complexity index is 1170. The summed E-state index contributed by atoms with van der Waals surface area (Å²) < 4.78 is 20.7. The summed E-state index contributed by atoms with van der Waals surface area (Å²) in [5.41, 5.74) is 7.09. The van der Waals surface area contributed by atoms with Gasteiger partial charge >= 0.3 is 5.69 Å². The van der Waals surface area contributed by atoms with Crippen molar-refractivity contribution < 1.29 is 13.9 Å². The van der Waals surface area contributed by atoms with Crippen molar-refractivity contribution in [1.82, 2.24) is 19.2 Å². The van der Waals surface area contributed by atoms with Crippen LogP contribution in [0.5, 0.6) is 0 Å². The minimum Gasteiger partial charge on any atom is -0.378 e. The molecular formula is C22H25ClFN5O3S. The van der Waals surface area contributed by atoms with Crippen molar-refractivity contribution in [2.45, 2.75) is 13.1 Å². The molecule has 3 heterocycles. The maximum atomic E-state index is 12.7. The van der Waals surface area contributed by atoms with Crippen LogP contribution in [0.25, 0.3) is 10.4 Å². The molecule has 4 rings (SSSR count). The number of nitrogens with zero attached hydrogens (tertiary/aromatic N) is 4. The van der Waals surface area contributed by atoms with Crippen LogP contribution >= 0.6 is 23.7 Å². The molecule has 0 radical (unpaired) electrons. The number of hydrogen-bond donors (Lipinski definition) is 1. The Hall–Kier alpha value is -2.79. The summed E-state index contributed by atoms with van der Waals surface area (Å²) in [4.78, 5) is 28.9. The fourth-order valence-electron chi connectivity index (χ4n) is 3.44. The summed E-state index contributed by atoms with van der Waals surface area (Å²) in [5, 5.41) is 4.04. The quantitative estimate of drug-likeness (QED) is 0.545. The minimum atomic E-state index is -0.321. The standard InChI is InChI=1S/C22H24FN5O3S.ClH/c23-11-16(12-24)13-28-22(30)27(15-25-28)14-19-5-6-20(32-19)17-1-3-18(4-2-17)21(29)26-7-9-31-10-8-26;/h1-6,11,15H,7-10,12-14,24H2;1H/b16-11-;. The van der Waals surface area contributed by atoms with Crippen LogP contribution in [-0.4, -0.2) is 58.0 Å². The molecule has 1 saturated heterocycles. The Kier molecular flexibility index (Phi) is 8.56. The second kappa shape index (κ2) is 11.4. The number of aromatic nitrogens is 3. The molecule has 0 saturated carbocycles. The van der Waals surface area contributed by atoms with Crippen LogP contribution in [0.3, 0.4) is 0 Å². The van der Waals surface area contributed by atoms with Crippen molar-refractivity contribution in [2.75, 3.05) is 32.8 Å². The first-order valence-electron chi connectivity index (χ1n) is 10.3. The highest BCUT2D eigenvalue weighted by atomic mass is 35.5. The molecule has 33 heavy (non-hydrogen) atoms. The molecule has 1 fully saturated rings. The fourth-order valence-corrected chi connectivity index (χ4v) is 4.45. The zero-order valence-electron chi connectivity index (χ0n) is 17.9. The van der Waals surface area contributed by atoms with Crippen LogP contribution in [0.4, 0.5) is 4.39 Å².